The van der Waals surface area contributed by atoms with Crippen LogP contribution in [-0.4, -0.2) is 12.6 Å². The molecular formula is C19H21F3N2O. The van der Waals surface area contributed by atoms with Crippen LogP contribution < -0.4 is 10.6 Å². The van der Waals surface area contributed by atoms with Crippen molar-refractivity contribution in [2.24, 2.45) is 0 Å². The first-order chi connectivity index (χ1) is 11.8. The number of hydrogen-bond donors (Lipinski definition) is 2. The Morgan fingerprint density at radius 1 is 1.08 bits per heavy atom. The number of nitrogens with one attached hydrogen (secondary N) is 2. The molecule has 2 aromatic rings. The second-order valence-electron chi connectivity index (χ2n) is 6.11. The van der Waals surface area contributed by atoms with Gasteiger partial charge in [-0.3, -0.25) is 0 Å². The molecule has 0 atom stereocenters. The molecule has 0 unspecified atom stereocenters. The van der Waals surface area contributed by atoms with Crippen molar-refractivity contribution in [3.05, 3.63) is 65.2 Å². The number of amides is 2. The van der Waals surface area contributed by atoms with E-state index in [9.17, 15) is 18.0 Å². The van der Waals surface area contributed by atoms with Crippen molar-refractivity contribution < 1.29 is 18.0 Å². The topological polar surface area (TPSA) is 41.1 Å². The Hall–Kier alpha value is -2.50. The first-order valence-corrected chi connectivity index (χ1v) is 8.06. The highest BCUT2D eigenvalue weighted by Crippen LogP contribution is 2.29. The van der Waals surface area contributed by atoms with Gasteiger partial charge >= 0.3 is 12.2 Å². The molecule has 2 rings (SSSR count). The van der Waals surface area contributed by atoms with Crippen LogP contribution in [0.15, 0.2) is 48.5 Å². The summed E-state index contributed by atoms with van der Waals surface area (Å²) < 4.78 is 38.0. The summed E-state index contributed by atoms with van der Waals surface area (Å²) in [6, 6.07) is 12.3. The van der Waals surface area contributed by atoms with Crippen molar-refractivity contribution in [2.45, 2.75) is 32.4 Å². The average molecular weight is 350 g/mol. The van der Waals surface area contributed by atoms with E-state index < -0.39 is 11.7 Å². The Kier molecular flexibility index (Phi) is 6.07. The van der Waals surface area contributed by atoms with Crippen LogP contribution in [0, 0.1) is 0 Å². The Morgan fingerprint density at radius 2 is 1.76 bits per heavy atom. The Balaban J connectivity index is 1.82. The van der Waals surface area contributed by atoms with Gasteiger partial charge in [0.2, 0.25) is 0 Å². The third kappa shape index (κ3) is 5.81. The highest BCUT2D eigenvalue weighted by molar-refractivity contribution is 5.89. The van der Waals surface area contributed by atoms with Gasteiger partial charge in [0.1, 0.15) is 0 Å². The first kappa shape index (κ1) is 18.8. The van der Waals surface area contributed by atoms with E-state index >= 15 is 0 Å². The molecule has 0 bridgehead atoms. The number of benzene rings is 2. The van der Waals surface area contributed by atoms with Crippen molar-refractivity contribution in [1.82, 2.24) is 5.32 Å². The quantitative estimate of drug-likeness (QED) is 0.765. The maximum Gasteiger partial charge on any atom is 0.416 e. The van der Waals surface area contributed by atoms with Gasteiger partial charge in [0, 0.05) is 12.2 Å². The van der Waals surface area contributed by atoms with Crippen molar-refractivity contribution in [3.63, 3.8) is 0 Å². The van der Waals surface area contributed by atoms with Crippen LogP contribution in [0.3, 0.4) is 0 Å². The van der Waals surface area contributed by atoms with Crippen molar-refractivity contribution >= 4 is 11.7 Å². The highest BCUT2D eigenvalue weighted by Gasteiger charge is 2.30. The molecule has 0 fully saturated rings. The standard InChI is InChI=1S/C19H21F3N2O/c1-13(2)15-6-8-17(9-7-15)24-18(25)23-11-10-14-4-3-5-16(12-14)19(20,21)22/h3-9,12-13H,10-11H2,1-2H3,(H2,23,24,25). The van der Waals surface area contributed by atoms with E-state index in [4.69, 9.17) is 0 Å². The SMILES string of the molecule is CC(C)c1ccc(NC(=O)NCCc2cccc(C(F)(F)F)c2)cc1. The summed E-state index contributed by atoms with van der Waals surface area (Å²) in [7, 11) is 0. The normalized spacial score (nSPS) is 11.4. The van der Waals surface area contributed by atoms with E-state index in [0.717, 1.165) is 12.1 Å². The smallest absolute Gasteiger partial charge is 0.338 e. The van der Waals surface area contributed by atoms with Gasteiger partial charge in [-0.05, 0) is 41.7 Å². The molecule has 2 N–H and O–H groups in total. The second-order valence-corrected chi connectivity index (χ2v) is 6.11. The Labute approximate surface area is 145 Å². The molecule has 0 aliphatic rings. The van der Waals surface area contributed by atoms with Gasteiger partial charge in [-0.15, -0.1) is 0 Å². The number of carbonyl (C=O) groups excluding carboxylic acids is 1. The van der Waals surface area contributed by atoms with Gasteiger partial charge in [0.25, 0.3) is 0 Å². The van der Waals surface area contributed by atoms with Gasteiger partial charge in [0.05, 0.1) is 5.56 Å². The molecule has 0 aromatic heterocycles. The minimum absolute atomic E-state index is 0.247. The maximum atomic E-state index is 12.7. The molecule has 3 nitrogen and oxygen atoms in total. The molecule has 134 valence electrons. The number of halogens is 3. The monoisotopic (exact) mass is 350 g/mol. The van der Waals surface area contributed by atoms with Crippen LogP contribution in [0.2, 0.25) is 0 Å². The lowest BCUT2D eigenvalue weighted by molar-refractivity contribution is -0.137. The molecule has 0 saturated heterocycles. The summed E-state index contributed by atoms with van der Waals surface area (Å²) in [5, 5.41) is 5.34. The van der Waals surface area contributed by atoms with E-state index in [0.29, 0.717) is 23.6 Å². The Bertz CT molecular complexity index is 709. The van der Waals surface area contributed by atoms with Gasteiger partial charge < -0.3 is 10.6 Å². The van der Waals surface area contributed by atoms with E-state index in [1.807, 2.05) is 24.3 Å². The number of alkyl halides is 3. The van der Waals surface area contributed by atoms with Gasteiger partial charge in [-0.2, -0.15) is 13.2 Å². The molecule has 0 saturated carbocycles. The predicted molar refractivity (Wildman–Crippen MR) is 92.7 cm³/mol. The molecule has 6 heteroatoms. The summed E-state index contributed by atoms with van der Waals surface area (Å²) in [6.45, 7) is 4.42. The summed E-state index contributed by atoms with van der Waals surface area (Å²) in [5.41, 5.74) is 1.69. The predicted octanol–water partition coefficient (Wildman–Crippen LogP) is 5.19. The van der Waals surface area contributed by atoms with Crippen LogP contribution in [0.25, 0.3) is 0 Å². The number of hydrogen-bond acceptors (Lipinski definition) is 1. The first-order valence-electron chi connectivity index (χ1n) is 8.06. The number of urea groups is 1. The summed E-state index contributed by atoms with van der Waals surface area (Å²) in [5.74, 6) is 0.412. The number of anilines is 1. The number of rotatable bonds is 5. The van der Waals surface area contributed by atoms with Gasteiger partial charge in [-0.25, -0.2) is 4.79 Å². The summed E-state index contributed by atoms with van der Waals surface area (Å²) >= 11 is 0. The third-order valence-corrected chi connectivity index (χ3v) is 3.79. The van der Waals surface area contributed by atoms with E-state index in [1.54, 1.807) is 6.07 Å². The van der Waals surface area contributed by atoms with Crippen LogP contribution >= 0.6 is 0 Å². The lowest BCUT2D eigenvalue weighted by Gasteiger charge is -2.11. The molecule has 25 heavy (non-hydrogen) atoms. The second kappa shape index (κ2) is 8.05. The van der Waals surface area contributed by atoms with Crippen LogP contribution in [0.1, 0.15) is 36.5 Å². The fourth-order valence-corrected chi connectivity index (χ4v) is 2.35. The van der Waals surface area contributed by atoms with E-state index in [2.05, 4.69) is 24.5 Å². The van der Waals surface area contributed by atoms with Crippen molar-refractivity contribution in [3.8, 4) is 0 Å². The van der Waals surface area contributed by atoms with Gasteiger partial charge in [0.15, 0.2) is 0 Å². The van der Waals surface area contributed by atoms with Crippen molar-refractivity contribution in [1.29, 1.82) is 0 Å². The molecule has 0 radical (unpaired) electrons. The molecule has 2 aromatic carbocycles. The lowest BCUT2D eigenvalue weighted by atomic mass is 10.0. The van der Waals surface area contributed by atoms with Crippen molar-refractivity contribution in [2.75, 3.05) is 11.9 Å². The molecule has 0 spiro atoms. The zero-order valence-electron chi connectivity index (χ0n) is 14.2. The molecular weight excluding hydrogens is 329 g/mol. The molecule has 0 aliphatic heterocycles. The van der Waals surface area contributed by atoms with Gasteiger partial charge in [-0.1, -0.05) is 44.2 Å². The van der Waals surface area contributed by atoms with Crippen LogP contribution in [-0.2, 0) is 12.6 Å². The third-order valence-electron chi connectivity index (χ3n) is 3.79. The van der Waals surface area contributed by atoms with E-state index in [1.165, 1.54) is 11.6 Å². The molecule has 0 aliphatic carbocycles. The van der Waals surface area contributed by atoms with Crippen LogP contribution in [0.4, 0.5) is 23.7 Å². The zero-order valence-corrected chi connectivity index (χ0v) is 14.2. The summed E-state index contributed by atoms with van der Waals surface area (Å²) in [4.78, 5) is 11.8. The average Bonchev–Trinajstić information content (AvgIpc) is 2.55. The Morgan fingerprint density at radius 3 is 2.36 bits per heavy atom. The zero-order chi connectivity index (χ0) is 18.4. The minimum atomic E-state index is -4.36. The molecule has 0 heterocycles. The highest BCUT2D eigenvalue weighted by atomic mass is 19.4. The lowest BCUT2D eigenvalue weighted by Crippen LogP contribution is -2.30. The fourth-order valence-electron chi connectivity index (χ4n) is 2.35. The maximum absolute atomic E-state index is 12.7. The summed E-state index contributed by atoms with van der Waals surface area (Å²) in [6.07, 6.45) is -4.04. The van der Waals surface area contributed by atoms with Crippen LogP contribution in [0.5, 0.6) is 0 Å². The fraction of sp³-hybridized carbons (Fsp3) is 0.316. The number of carbonyl (C=O) groups is 1. The largest absolute Gasteiger partial charge is 0.416 e. The molecule has 2 amide bonds. The van der Waals surface area contributed by atoms with E-state index in [-0.39, 0.29) is 12.6 Å². The minimum Gasteiger partial charge on any atom is -0.338 e.